The van der Waals surface area contributed by atoms with Crippen LogP contribution in [0.3, 0.4) is 0 Å². The van der Waals surface area contributed by atoms with Gasteiger partial charge in [-0.25, -0.2) is 0 Å². The summed E-state index contributed by atoms with van der Waals surface area (Å²) >= 11 is 0. The number of aliphatic hydroxyl groups excluding tert-OH is 1. The molecule has 2 N–H and O–H groups in total. The van der Waals surface area contributed by atoms with Crippen molar-refractivity contribution in [1.82, 2.24) is 0 Å². The maximum Gasteiger partial charge on any atom is 0.291 e. The van der Waals surface area contributed by atoms with Crippen molar-refractivity contribution in [1.29, 1.82) is 0 Å². The van der Waals surface area contributed by atoms with E-state index in [-0.39, 0.29) is 17.8 Å². The number of hydrogen-bond donors (Lipinski definition) is 2. The zero-order chi connectivity index (χ0) is 15.4. The molecule has 0 radical (unpaired) electrons. The first-order valence-corrected chi connectivity index (χ1v) is 7.52. The summed E-state index contributed by atoms with van der Waals surface area (Å²) in [6.45, 7) is 0. The molecule has 1 aliphatic carbocycles. The van der Waals surface area contributed by atoms with E-state index in [1.165, 1.54) is 6.26 Å². The molecule has 1 aliphatic rings. The van der Waals surface area contributed by atoms with Gasteiger partial charge in [0.25, 0.3) is 5.91 Å². The summed E-state index contributed by atoms with van der Waals surface area (Å²) in [5, 5.41) is 12.7. The molecule has 22 heavy (non-hydrogen) atoms. The first-order chi connectivity index (χ1) is 10.7. The lowest BCUT2D eigenvalue weighted by Crippen LogP contribution is -2.34. The van der Waals surface area contributed by atoms with E-state index >= 15 is 0 Å². The van der Waals surface area contributed by atoms with Crippen LogP contribution in [-0.2, 0) is 0 Å². The van der Waals surface area contributed by atoms with Gasteiger partial charge in [-0.05, 0) is 55.7 Å². The quantitative estimate of drug-likeness (QED) is 0.909. The number of ether oxygens (including phenoxy) is 1. The minimum atomic E-state index is -0.396. The summed E-state index contributed by atoms with van der Waals surface area (Å²) in [5.74, 6) is 0.675. The van der Waals surface area contributed by atoms with Gasteiger partial charge in [0.1, 0.15) is 11.9 Å². The van der Waals surface area contributed by atoms with Crippen LogP contribution < -0.4 is 10.1 Å². The van der Waals surface area contributed by atoms with E-state index in [9.17, 15) is 9.90 Å². The van der Waals surface area contributed by atoms with Crippen molar-refractivity contribution in [3.8, 4) is 5.75 Å². The average Bonchev–Trinajstić information content (AvgIpc) is 3.06. The Kier molecular flexibility index (Phi) is 4.44. The number of carbonyl (C=O) groups excluding carboxylic acids is 1. The Balaban J connectivity index is 1.59. The fourth-order valence-electron chi connectivity index (χ4n) is 2.61. The molecule has 5 heteroatoms. The Labute approximate surface area is 128 Å². The molecular formula is C17H19NO4. The van der Waals surface area contributed by atoms with E-state index in [4.69, 9.17) is 9.15 Å². The summed E-state index contributed by atoms with van der Waals surface area (Å²) in [4.78, 5) is 11.9. The van der Waals surface area contributed by atoms with Gasteiger partial charge in [0.2, 0.25) is 0 Å². The molecule has 116 valence electrons. The second-order valence-corrected chi connectivity index (χ2v) is 5.46. The minimum Gasteiger partial charge on any atom is -0.488 e. The average molecular weight is 301 g/mol. The van der Waals surface area contributed by atoms with Gasteiger partial charge >= 0.3 is 0 Å². The minimum absolute atomic E-state index is 0.141. The summed E-state index contributed by atoms with van der Waals surface area (Å²) in [6, 6.07) is 10.4. The fraction of sp³-hybridized carbons (Fsp3) is 0.353. The van der Waals surface area contributed by atoms with Crippen LogP contribution in [0.25, 0.3) is 0 Å². The van der Waals surface area contributed by atoms with E-state index in [0.29, 0.717) is 11.4 Å². The lowest BCUT2D eigenvalue weighted by molar-refractivity contribution is 0.00688. The molecule has 1 aromatic heterocycles. The van der Waals surface area contributed by atoms with Crippen molar-refractivity contribution in [2.75, 3.05) is 5.32 Å². The molecule has 3 rings (SSSR count). The highest BCUT2D eigenvalue weighted by Crippen LogP contribution is 2.25. The molecular weight excluding hydrogens is 282 g/mol. The monoisotopic (exact) mass is 301 g/mol. The van der Waals surface area contributed by atoms with Crippen molar-refractivity contribution < 1.29 is 19.1 Å². The Bertz CT molecular complexity index is 606. The van der Waals surface area contributed by atoms with Gasteiger partial charge in [0.15, 0.2) is 5.76 Å². The highest BCUT2D eigenvalue weighted by molar-refractivity contribution is 6.02. The second kappa shape index (κ2) is 6.66. The SMILES string of the molecule is O=C(Nc1ccc(OC2CCCCC2O)cc1)c1ccco1. The van der Waals surface area contributed by atoms with E-state index < -0.39 is 6.10 Å². The molecule has 2 aromatic rings. The van der Waals surface area contributed by atoms with Crippen molar-refractivity contribution in [3.63, 3.8) is 0 Å². The normalized spacial score (nSPS) is 21.3. The molecule has 0 bridgehead atoms. The van der Waals surface area contributed by atoms with Gasteiger partial charge in [0.05, 0.1) is 12.4 Å². The van der Waals surface area contributed by atoms with Crippen LogP contribution >= 0.6 is 0 Å². The molecule has 1 amide bonds. The van der Waals surface area contributed by atoms with Crippen LogP contribution in [0.1, 0.15) is 36.2 Å². The van der Waals surface area contributed by atoms with Crippen molar-refractivity contribution in [2.45, 2.75) is 37.9 Å². The van der Waals surface area contributed by atoms with Crippen LogP contribution in [0.4, 0.5) is 5.69 Å². The Morgan fingerprint density at radius 1 is 1.18 bits per heavy atom. The number of furan rings is 1. The number of aliphatic hydroxyl groups is 1. The number of nitrogens with one attached hydrogen (secondary N) is 1. The first-order valence-electron chi connectivity index (χ1n) is 7.52. The van der Waals surface area contributed by atoms with Gasteiger partial charge in [0, 0.05) is 5.69 Å². The number of hydrogen-bond acceptors (Lipinski definition) is 4. The number of carbonyl (C=O) groups is 1. The fourth-order valence-corrected chi connectivity index (χ4v) is 2.61. The lowest BCUT2D eigenvalue weighted by Gasteiger charge is -2.28. The summed E-state index contributed by atoms with van der Waals surface area (Å²) in [5.41, 5.74) is 0.665. The maximum atomic E-state index is 11.9. The van der Waals surface area contributed by atoms with E-state index in [1.54, 1.807) is 36.4 Å². The Morgan fingerprint density at radius 3 is 2.64 bits per heavy atom. The van der Waals surface area contributed by atoms with Crippen LogP contribution in [0.15, 0.2) is 47.1 Å². The maximum absolute atomic E-state index is 11.9. The third kappa shape index (κ3) is 3.49. The van der Waals surface area contributed by atoms with Crippen molar-refractivity contribution >= 4 is 11.6 Å². The van der Waals surface area contributed by atoms with Crippen LogP contribution in [-0.4, -0.2) is 23.2 Å². The predicted octanol–water partition coefficient (Wildman–Crippen LogP) is 3.21. The predicted molar refractivity (Wildman–Crippen MR) is 82.0 cm³/mol. The Morgan fingerprint density at radius 2 is 1.95 bits per heavy atom. The third-order valence-corrected chi connectivity index (χ3v) is 3.81. The third-order valence-electron chi connectivity index (χ3n) is 3.81. The highest BCUT2D eigenvalue weighted by atomic mass is 16.5. The molecule has 1 heterocycles. The van der Waals surface area contributed by atoms with E-state index in [1.807, 2.05) is 0 Å². The summed E-state index contributed by atoms with van der Waals surface area (Å²) < 4.78 is 10.9. The van der Waals surface area contributed by atoms with E-state index in [2.05, 4.69) is 5.32 Å². The molecule has 1 saturated carbocycles. The van der Waals surface area contributed by atoms with Gasteiger partial charge < -0.3 is 19.6 Å². The Hall–Kier alpha value is -2.27. The number of rotatable bonds is 4. The van der Waals surface area contributed by atoms with Crippen molar-refractivity contribution in [3.05, 3.63) is 48.4 Å². The molecule has 2 unspecified atom stereocenters. The van der Waals surface area contributed by atoms with Crippen molar-refractivity contribution in [2.24, 2.45) is 0 Å². The number of anilines is 1. The topological polar surface area (TPSA) is 71.7 Å². The lowest BCUT2D eigenvalue weighted by atomic mass is 9.95. The summed E-state index contributed by atoms with van der Waals surface area (Å²) in [7, 11) is 0. The standard InChI is InChI=1S/C17H19NO4/c19-14-4-1-2-5-15(14)22-13-9-7-12(8-10-13)18-17(20)16-6-3-11-21-16/h3,6-11,14-15,19H,1-2,4-5H2,(H,18,20). The molecule has 5 nitrogen and oxygen atoms in total. The van der Waals surface area contributed by atoms with Crippen LogP contribution in [0, 0.1) is 0 Å². The zero-order valence-electron chi connectivity index (χ0n) is 12.2. The van der Waals surface area contributed by atoms with Gasteiger partial charge in [-0.1, -0.05) is 6.42 Å². The van der Waals surface area contributed by atoms with Crippen LogP contribution in [0.2, 0.25) is 0 Å². The van der Waals surface area contributed by atoms with Crippen LogP contribution in [0.5, 0.6) is 5.75 Å². The molecule has 0 spiro atoms. The largest absolute Gasteiger partial charge is 0.488 e. The zero-order valence-corrected chi connectivity index (χ0v) is 12.2. The number of benzene rings is 1. The van der Waals surface area contributed by atoms with E-state index in [0.717, 1.165) is 25.7 Å². The van der Waals surface area contributed by atoms with Gasteiger partial charge in [-0.3, -0.25) is 4.79 Å². The molecule has 0 aliphatic heterocycles. The van der Waals surface area contributed by atoms with Gasteiger partial charge in [-0.15, -0.1) is 0 Å². The highest BCUT2D eigenvalue weighted by Gasteiger charge is 2.24. The number of amides is 1. The molecule has 2 atom stereocenters. The molecule has 0 saturated heterocycles. The van der Waals surface area contributed by atoms with Gasteiger partial charge in [-0.2, -0.15) is 0 Å². The smallest absolute Gasteiger partial charge is 0.291 e. The summed E-state index contributed by atoms with van der Waals surface area (Å²) in [6.07, 6.45) is 4.73. The molecule has 1 fully saturated rings. The first kappa shape index (κ1) is 14.7. The molecule has 1 aromatic carbocycles. The second-order valence-electron chi connectivity index (χ2n) is 5.46.